The van der Waals surface area contributed by atoms with Crippen LogP contribution >= 0.6 is 23.5 Å². The summed E-state index contributed by atoms with van der Waals surface area (Å²) in [7, 11) is 0. The summed E-state index contributed by atoms with van der Waals surface area (Å²) in [4.78, 5) is 7.84. The zero-order valence-corrected chi connectivity index (χ0v) is 37.3. The normalized spacial score (nSPS) is 15.0. The fraction of sp³-hybridized carbons (Fsp3) is 0.123. The summed E-state index contributed by atoms with van der Waals surface area (Å²) >= 11 is 3.80. The SMILES string of the molecule is CC(C)(C)c1ccc(N2c3cc4c(cc3B3c5c2cc2c(oc6ccccc62)c5-c2cccc5c6c(n3c25)-c2ccccc2C6(C)C)Sc2ccccc2S4)c(-c2ccccc2)c1. The average Bonchev–Trinajstić information content (AvgIpc) is 3.93. The molecule has 1 aliphatic carbocycles. The highest BCUT2D eigenvalue weighted by molar-refractivity contribution is 8.05. The molecule has 0 saturated carbocycles. The predicted octanol–water partition coefficient (Wildman–Crippen LogP) is 14.8. The molecule has 0 radical (unpaired) electrons. The van der Waals surface area contributed by atoms with Crippen LogP contribution in [0.1, 0.15) is 51.3 Å². The molecule has 0 N–H and O–H groups in total. The molecule has 3 aliphatic heterocycles. The van der Waals surface area contributed by atoms with Crippen molar-refractivity contribution in [3.05, 3.63) is 174 Å². The quantitative estimate of drug-likeness (QED) is 0.162. The Balaban J connectivity index is 1.18. The Hall–Kier alpha value is -6.34. The average molecular weight is 845 g/mol. The van der Waals surface area contributed by atoms with E-state index in [-0.39, 0.29) is 17.7 Å². The molecule has 0 atom stereocenters. The topological polar surface area (TPSA) is 21.3 Å². The van der Waals surface area contributed by atoms with E-state index in [4.69, 9.17) is 4.42 Å². The lowest BCUT2D eigenvalue weighted by molar-refractivity contribution is 0.590. The van der Waals surface area contributed by atoms with Crippen molar-refractivity contribution < 1.29 is 4.42 Å². The maximum atomic E-state index is 7.11. The van der Waals surface area contributed by atoms with E-state index in [0.717, 1.165) is 21.9 Å². The van der Waals surface area contributed by atoms with E-state index in [0.29, 0.717) is 0 Å². The molecular weight excluding hydrogens is 804 g/mol. The van der Waals surface area contributed by atoms with Crippen LogP contribution < -0.4 is 15.8 Å². The number of hydrogen-bond donors (Lipinski definition) is 0. The van der Waals surface area contributed by atoms with E-state index in [1.54, 1.807) is 0 Å². The predicted molar refractivity (Wildman–Crippen MR) is 266 cm³/mol. The maximum absolute atomic E-state index is 7.11. The fourth-order valence-corrected chi connectivity index (χ4v) is 13.8. The highest BCUT2D eigenvalue weighted by Gasteiger charge is 2.49. The van der Waals surface area contributed by atoms with Crippen LogP contribution in [0.15, 0.2) is 182 Å². The van der Waals surface area contributed by atoms with Gasteiger partial charge in [0, 0.05) is 86.0 Å². The monoisotopic (exact) mass is 844 g/mol. The number of benzene rings is 8. The second-order valence-electron chi connectivity index (χ2n) is 19.2. The van der Waals surface area contributed by atoms with Crippen molar-refractivity contribution in [2.45, 2.75) is 65.0 Å². The van der Waals surface area contributed by atoms with Gasteiger partial charge < -0.3 is 13.8 Å². The number of anilines is 3. The van der Waals surface area contributed by atoms with Gasteiger partial charge in [0.25, 0.3) is 0 Å². The molecule has 0 saturated heterocycles. The second kappa shape index (κ2) is 12.4. The molecule has 0 fully saturated rings. The van der Waals surface area contributed by atoms with Gasteiger partial charge in [0.1, 0.15) is 11.2 Å². The zero-order valence-electron chi connectivity index (χ0n) is 35.7. The van der Waals surface area contributed by atoms with Gasteiger partial charge in [-0.3, -0.25) is 0 Å². The van der Waals surface area contributed by atoms with E-state index in [2.05, 4.69) is 202 Å². The summed E-state index contributed by atoms with van der Waals surface area (Å²) in [5, 5.41) is 3.61. The fourth-order valence-electron chi connectivity index (χ4n) is 11.5. The first-order valence-electron chi connectivity index (χ1n) is 22.0. The molecule has 0 bridgehead atoms. The van der Waals surface area contributed by atoms with Crippen molar-refractivity contribution in [3.8, 4) is 33.5 Å². The lowest BCUT2D eigenvalue weighted by Crippen LogP contribution is -2.57. The van der Waals surface area contributed by atoms with Gasteiger partial charge in [-0.1, -0.05) is 167 Å². The minimum atomic E-state index is -0.183. The Kier molecular flexibility index (Phi) is 7.14. The van der Waals surface area contributed by atoms with Gasteiger partial charge >= 0.3 is 6.85 Å². The van der Waals surface area contributed by atoms with Crippen LogP contribution in [0, 0.1) is 0 Å². The van der Waals surface area contributed by atoms with Gasteiger partial charge in [-0.2, -0.15) is 0 Å². The molecular formula is C57H41BN2OS2. The maximum Gasteiger partial charge on any atom is 0.333 e. The van der Waals surface area contributed by atoms with Crippen molar-refractivity contribution in [2.75, 3.05) is 4.90 Å². The van der Waals surface area contributed by atoms with Crippen LogP contribution in [0.4, 0.5) is 17.1 Å². The van der Waals surface area contributed by atoms with Crippen molar-refractivity contribution in [1.29, 1.82) is 0 Å². The lowest BCUT2D eigenvalue weighted by Gasteiger charge is -2.42. The molecule has 4 aliphatic rings. The Morgan fingerprint density at radius 3 is 2.08 bits per heavy atom. The Morgan fingerprint density at radius 1 is 0.571 bits per heavy atom. The minimum absolute atomic E-state index is 0.0327. The van der Waals surface area contributed by atoms with Gasteiger partial charge in [-0.05, 0) is 87.1 Å². The van der Waals surface area contributed by atoms with E-state index in [1.165, 1.54) is 109 Å². The number of para-hydroxylation sites is 2. The molecule has 3 nitrogen and oxygen atoms in total. The van der Waals surface area contributed by atoms with Crippen molar-refractivity contribution >= 4 is 91.2 Å². The van der Waals surface area contributed by atoms with Crippen LogP contribution in [-0.2, 0) is 10.8 Å². The third-order valence-electron chi connectivity index (χ3n) is 14.3. The summed E-state index contributed by atoms with van der Waals surface area (Å²) < 4.78 is 9.87. The van der Waals surface area contributed by atoms with E-state index in [1.807, 2.05) is 23.5 Å². The van der Waals surface area contributed by atoms with Crippen LogP contribution in [0.25, 0.3) is 66.4 Å². The second-order valence-corrected chi connectivity index (χ2v) is 21.4. The molecule has 14 rings (SSSR count). The Labute approximate surface area is 375 Å². The highest BCUT2D eigenvalue weighted by atomic mass is 32.2. The molecule has 6 heteroatoms. The minimum Gasteiger partial charge on any atom is -0.455 e. The van der Waals surface area contributed by atoms with Crippen LogP contribution in [0.2, 0.25) is 0 Å². The zero-order chi connectivity index (χ0) is 42.1. The van der Waals surface area contributed by atoms with Crippen LogP contribution in [-0.4, -0.2) is 11.3 Å². The summed E-state index contributed by atoms with van der Waals surface area (Å²) in [6.07, 6.45) is 0. The first kappa shape index (κ1) is 36.2. The summed E-state index contributed by atoms with van der Waals surface area (Å²) in [6.45, 7) is 11.7. The number of hydrogen-bond acceptors (Lipinski definition) is 4. The smallest absolute Gasteiger partial charge is 0.333 e. The number of furan rings is 1. The summed E-state index contributed by atoms with van der Waals surface area (Å²) in [5.74, 6) is 0. The first-order valence-corrected chi connectivity index (χ1v) is 23.7. The molecule has 0 unspecified atom stereocenters. The number of nitrogens with zero attached hydrogens (tertiary/aromatic N) is 2. The third kappa shape index (κ3) is 4.75. The number of rotatable bonds is 2. The highest BCUT2D eigenvalue weighted by Crippen LogP contribution is 2.58. The van der Waals surface area contributed by atoms with Crippen LogP contribution in [0.5, 0.6) is 0 Å². The summed E-state index contributed by atoms with van der Waals surface area (Å²) in [6, 6.07) is 59.4. The van der Waals surface area contributed by atoms with Gasteiger partial charge in [0.2, 0.25) is 0 Å². The standard InChI is InChI=1S/C57H41BN2OS2/c1-56(2,3)33-26-27-42(38(28-33)32-16-7-6-8-17-32)59-43-31-49-48(62-46-24-13-14-25-47(46)63-49)30-41(43)58-52-44(59)29-39-34-18-10-12-23-45(34)61-55(39)50(52)36-20-15-21-37-51-54(60(58)53(36)37)35-19-9-11-22-40(35)57(51,4)5/h6-31H,1-5H3. The van der Waals surface area contributed by atoms with Gasteiger partial charge in [-0.25, -0.2) is 0 Å². The number of fused-ring (bicyclic) bond motifs is 15. The Bertz CT molecular complexity index is 3670. The number of aromatic nitrogens is 1. The first-order chi connectivity index (χ1) is 30.6. The molecule has 0 spiro atoms. The van der Waals surface area contributed by atoms with Crippen LogP contribution in [0.3, 0.4) is 0 Å². The lowest BCUT2D eigenvalue weighted by atomic mass is 9.45. The Morgan fingerprint density at radius 2 is 1.27 bits per heavy atom. The van der Waals surface area contributed by atoms with E-state index >= 15 is 0 Å². The molecule has 300 valence electrons. The van der Waals surface area contributed by atoms with Crippen molar-refractivity contribution in [1.82, 2.24) is 4.48 Å². The largest absolute Gasteiger partial charge is 0.455 e. The van der Waals surface area contributed by atoms with Crippen molar-refractivity contribution in [3.63, 3.8) is 0 Å². The van der Waals surface area contributed by atoms with Gasteiger partial charge in [0.15, 0.2) is 0 Å². The molecule has 8 aromatic carbocycles. The van der Waals surface area contributed by atoms with E-state index < -0.39 is 0 Å². The van der Waals surface area contributed by atoms with E-state index in [9.17, 15) is 0 Å². The molecule has 10 aromatic rings. The molecule has 0 amide bonds. The summed E-state index contributed by atoms with van der Waals surface area (Å²) in [5.41, 5.74) is 20.8. The molecule has 5 heterocycles. The molecule has 2 aromatic heterocycles. The molecule has 63 heavy (non-hydrogen) atoms. The van der Waals surface area contributed by atoms with Gasteiger partial charge in [-0.15, -0.1) is 0 Å². The van der Waals surface area contributed by atoms with Crippen molar-refractivity contribution in [2.24, 2.45) is 0 Å². The van der Waals surface area contributed by atoms with Gasteiger partial charge in [0.05, 0.1) is 5.69 Å². The third-order valence-corrected chi connectivity index (χ3v) is 16.9.